The van der Waals surface area contributed by atoms with E-state index in [4.69, 9.17) is 10.5 Å². The second-order valence-corrected chi connectivity index (χ2v) is 5.09. The minimum absolute atomic E-state index is 0.00275. The van der Waals surface area contributed by atoms with Gasteiger partial charge in [-0.1, -0.05) is 13.3 Å². The van der Waals surface area contributed by atoms with Crippen molar-refractivity contribution in [3.8, 4) is 0 Å². The van der Waals surface area contributed by atoms with Crippen molar-refractivity contribution >= 4 is 11.6 Å². The molecular weight excluding hydrogens is 244 g/mol. The molecule has 1 aromatic rings. The number of nitrogens with zero attached hydrogens (tertiary/aromatic N) is 1. The monoisotopic (exact) mass is 266 g/mol. The van der Waals surface area contributed by atoms with Gasteiger partial charge in [0.05, 0.1) is 24.0 Å². The molecule has 1 fully saturated rings. The van der Waals surface area contributed by atoms with E-state index in [1.165, 1.54) is 0 Å². The molecule has 1 aliphatic carbocycles. The zero-order valence-corrected chi connectivity index (χ0v) is 11.5. The Labute approximate surface area is 113 Å². The quantitative estimate of drug-likeness (QED) is 0.695. The molecule has 19 heavy (non-hydrogen) atoms. The molecule has 0 bridgehead atoms. The third-order valence-electron chi connectivity index (χ3n) is 3.37. The molecule has 0 saturated heterocycles. The van der Waals surface area contributed by atoms with E-state index in [1.807, 2.05) is 0 Å². The first-order valence-corrected chi connectivity index (χ1v) is 6.80. The highest BCUT2D eigenvalue weighted by molar-refractivity contribution is 5.97. The first-order chi connectivity index (χ1) is 9.17. The summed E-state index contributed by atoms with van der Waals surface area (Å²) in [5, 5.41) is 9.86. The average molecular weight is 266 g/mol. The number of carbonyl (C=O) groups is 1. The minimum atomic E-state index is -0.226. The number of aromatic amines is 1. The van der Waals surface area contributed by atoms with Crippen LogP contribution in [-0.2, 0) is 4.74 Å². The second kappa shape index (κ2) is 6.06. The Morgan fingerprint density at radius 2 is 2.37 bits per heavy atom. The van der Waals surface area contributed by atoms with E-state index in [2.05, 4.69) is 22.4 Å². The van der Waals surface area contributed by atoms with Gasteiger partial charge in [0.1, 0.15) is 0 Å². The van der Waals surface area contributed by atoms with Crippen molar-refractivity contribution < 1.29 is 9.53 Å². The lowest BCUT2D eigenvalue weighted by Crippen LogP contribution is -2.38. The topological polar surface area (TPSA) is 93.0 Å². The van der Waals surface area contributed by atoms with Crippen LogP contribution in [0.25, 0.3) is 0 Å². The van der Waals surface area contributed by atoms with Crippen LogP contribution < -0.4 is 11.1 Å². The molecule has 0 aromatic carbocycles. The lowest BCUT2D eigenvalue weighted by atomic mass is 10.1. The van der Waals surface area contributed by atoms with Crippen molar-refractivity contribution in [1.29, 1.82) is 0 Å². The molecule has 0 aliphatic heterocycles. The molecule has 1 aliphatic rings. The number of nitrogen functional groups attached to an aromatic ring is 1. The van der Waals surface area contributed by atoms with Crippen molar-refractivity contribution in [2.75, 3.05) is 19.5 Å². The molecule has 1 atom stereocenters. The minimum Gasteiger partial charge on any atom is -0.395 e. The van der Waals surface area contributed by atoms with Crippen LogP contribution in [0.1, 0.15) is 54.7 Å². The van der Waals surface area contributed by atoms with Gasteiger partial charge >= 0.3 is 0 Å². The summed E-state index contributed by atoms with van der Waals surface area (Å²) in [6, 6.07) is 0.00275. The summed E-state index contributed by atoms with van der Waals surface area (Å²) in [6.07, 6.45) is 4.10. The Morgan fingerprint density at radius 3 is 2.95 bits per heavy atom. The summed E-state index contributed by atoms with van der Waals surface area (Å²) in [4.78, 5) is 12.2. The van der Waals surface area contributed by atoms with Crippen LogP contribution >= 0.6 is 0 Å². The van der Waals surface area contributed by atoms with Crippen molar-refractivity contribution in [1.82, 2.24) is 15.5 Å². The number of aromatic nitrogens is 2. The second-order valence-electron chi connectivity index (χ2n) is 5.09. The maximum Gasteiger partial charge on any atom is 0.274 e. The molecule has 1 heterocycles. The Kier molecular flexibility index (Phi) is 4.42. The molecule has 1 saturated carbocycles. The third-order valence-corrected chi connectivity index (χ3v) is 3.37. The first-order valence-electron chi connectivity index (χ1n) is 6.80. The number of amides is 1. The van der Waals surface area contributed by atoms with Crippen LogP contribution in [0.2, 0.25) is 0 Å². The summed E-state index contributed by atoms with van der Waals surface area (Å²) >= 11 is 0. The number of hydrogen-bond donors (Lipinski definition) is 3. The Hall–Kier alpha value is -1.56. The fourth-order valence-electron chi connectivity index (χ4n) is 2.22. The van der Waals surface area contributed by atoms with Crippen molar-refractivity contribution in [2.24, 2.45) is 0 Å². The summed E-state index contributed by atoms with van der Waals surface area (Å²) in [5.74, 6) is 0.232. The van der Waals surface area contributed by atoms with E-state index in [0.717, 1.165) is 31.4 Å². The van der Waals surface area contributed by atoms with Crippen molar-refractivity contribution in [3.63, 3.8) is 0 Å². The predicted molar refractivity (Wildman–Crippen MR) is 73.0 cm³/mol. The molecule has 1 amide bonds. The highest BCUT2D eigenvalue weighted by Crippen LogP contribution is 2.42. The van der Waals surface area contributed by atoms with Crippen LogP contribution in [0.15, 0.2) is 0 Å². The first kappa shape index (κ1) is 13.9. The molecule has 0 radical (unpaired) electrons. The Balaban J connectivity index is 2.01. The fourth-order valence-corrected chi connectivity index (χ4v) is 2.22. The van der Waals surface area contributed by atoms with Gasteiger partial charge < -0.3 is 15.8 Å². The molecule has 1 aromatic heterocycles. The number of H-pyrrole nitrogens is 1. The smallest absolute Gasteiger partial charge is 0.274 e. The summed E-state index contributed by atoms with van der Waals surface area (Å²) in [6.45, 7) is 2.57. The molecular formula is C13H22N4O2. The standard InChI is InChI=1S/C13H22N4O2/c1-3-4-9(7-19-2)15-13(18)12-10(14)11(16-17-12)8-5-6-8/h8-9H,3-7,14H2,1-2H3,(H,15,18)(H,16,17). The van der Waals surface area contributed by atoms with Crippen molar-refractivity contribution in [2.45, 2.75) is 44.6 Å². The summed E-state index contributed by atoms with van der Waals surface area (Å²) < 4.78 is 5.10. The zero-order chi connectivity index (χ0) is 13.8. The van der Waals surface area contributed by atoms with Gasteiger partial charge in [0.25, 0.3) is 5.91 Å². The van der Waals surface area contributed by atoms with Gasteiger partial charge in [-0.25, -0.2) is 0 Å². The van der Waals surface area contributed by atoms with Crippen LogP contribution in [-0.4, -0.2) is 35.9 Å². The maximum atomic E-state index is 12.2. The largest absolute Gasteiger partial charge is 0.395 e. The number of nitrogens with one attached hydrogen (secondary N) is 2. The van der Waals surface area contributed by atoms with Crippen LogP contribution in [0.4, 0.5) is 5.69 Å². The predicted octanol–water partition coefficient (Wildman–Crippen LogP) is 1.41. The van der Waals surface area contributed by atoms with E-state index in [1.54, 1.807) is 7.11 Å². The zero-order valence-electron chi connectivity index (χ0n) is 11.5. The third kappa shape index (κ3) is 3.26. The molecule has 106 valence electrons. The molecule has 4 N–H and O–H groups in total. The number of carbonyl (C=O) groups excluding carboxylic acids is 1. The van der Waals surface area contributed by atoms with E-state index < -0.39 is 0 Å². The van der Waals surface area contributed by atoms with Gasteiger partial charge in [0.15, 0.2) is 5.69 Å². The van der Waals surface area contributed by atoms with Gasteiger partial charge in [-0.15, -0.1) is 0 Å². The van der Waals surface area contributed by atoms with E-state index in [9.17, 15) is 4.79 Å². The lowest BCUT2D eigenvalue weighted by molar-refractivity contribution is 0.0887. The summed E-state index contributed by atoms with van der Waals surface area (Å²) in [5.41, 5.74) is 7.69. The van der Waals surface area contributed by atoms with Crippen LogP contribution in [0, 0.1) is 0 Å². The normalized spacial score (nSPS) is 16.3. The highest BCUT2D eigenvalue weighted by atomic mass is 16.5. The number of nitrogens with two attached hydrogens (primary N) is 1. The molecule has 2 rings (SSSR count). The Bertz CT molecular complexity index is 434. The van der Waals surface area contributed by atoms with Crippen LogP contribution in [0.3, 0.4) is 0 Å². The van der Waals surface area contributed by atoms with Gasteiger partial charge in [-0.3, -0.25) is 9.89 Å². The molecule has 0 spiro atoms. The Morgan fingerprint density at radius 1 is 1.63 bits per heavy atom. The van der Waals surface area contributed by atoms with Gasteiger partial charge in [0, 0.05) is 13.0 Å². The van der Waals surface area contributed by atoms with E-state index in [-0.39, 0.29) is 11.9 Å². The molecule has 1 unspecified atom stereocenters. The van der Waals surface area contributed by atoms with Gasteiger partial charge in [-0.2, -0.15) is 5.10 Å². The van der Waals surface area contributed by atoms with Gasteiger partial charge in [-0.05, 0) is 19.3 Å². The molecule has 6 heteroatoms. The van der Waals surface area contributed by atoms with Gasteiger partial charge in [0.2, 0.25) is 0 Å². The number of rotatable bonds is 7. The SMILES string of the molecule is CCCC(COC)NC(=O)c1n[nH]c(C2CC2)c1N. The number of ether oxygens (including phenoxy) is 1. The summed E-state index contributed by atoms with van der Waals surface area (Å²) in [7, 11) is 1.63. The average Bonchev–Trinajstić information content (AvgIpc) is 3.13. The highest BCUT2D eigenvalue weighted by Gasteiger charge is 2.30. The fraction of sp³-hybridized carbons (Fsp3) is 0.692. The van der Waals surface area contributed by atoms with E-state index in [0.29, 0.717) is 23.9 Å². The number of hydrogen-bond acceptors (Lipinski definition) is 4. The van der Waals surface area contributed by atoms with Crippen molar-refractivity contribution in [3.05, 3.63) is 11.4 Å². The molecule has 6 nitrogen and oxygen atoms in total. The maximum absolute atomic E-state index is 12.2. The van der Waals surface area contributed by atoms with Crippen LogP contribution in [0.5, 0.6) is 0 Å². The lowest BCUT2D eigenvalue weighted by Gasteiger charge is -2.16. The number of methoxy groups -OCH3 is 1. The number of anilines is 1. The van der Waals surface area contributed by atoms with E-state index >= 15 is 0 Å².